The van der Waals surface area contributed by atoms with Crippen molar-refractivity contribution < 1.29 is 0 Å². The number of nitrogens with zero attached hydrogens (tertiary/aromatic N) is 3. The van der Waals surface area contributed by atoms with Gasteiger partial charge in [0.15, 0.2) is 5.82 Å². The van der Waals surface area contributed by atoms with E-state index in [-0.39, 0.29) is 0 Å². The minimum atomic E-state index is 0.520. The molecule has 20 heavy (non-hydrogen) atoms. The van der Waals surface area contributed by atoms with Crippen molar-refractivity contribution >= 4 is 16.7 Å². The highest BCUT2D eigenvalue weighted by Gasteiger charge is 2.26. The number of nitrogens with two attached hydrogens (primary N) is 1. The molecule has 3 aromatic rings. The van der Waals surface area contributed by atoms with Gasteiger partial charge in [-0.05, 0) is 25.0 Å². The molecule has 4 heteroatoms. The lowest BCUT2D eigenvalue weighted by Crippen LogP contribution is -2.00. The van der Waals surface area contributed by atoms with Crippen molar-refractivity contribution in [3.05, 3.63) is 48.2 Å². The number of anilines is 1. The molecule has 2 N–H and O–H groups in total. The summed E-state index contributed by atoms with van der Waals surface area (Å²) in [4.78, 5) is 13.6. The van der Waals surface area contributed by atoms with Gasteiger partial charge >= 0.3 is 0 Å². The average molecular weight is 262 g/mol. The molecule has 2 heterocycles. The summed E-state index contributed by atoms with van der Waals surface area (Å²) in [5.74, 6) is 1.70. The molecule has 2 aromatic heterocycles. The molecule has 0 spiro atoms. The van der Waals surface area contributed by atoms with E-state index in [1.807, 2.05) is 42.5 Å². The molecule has 1 aliphatic rings. The van der Waals surface area contributed by atoms with Crippen LogP contribution in [0.3, 0.4) is 0 Å². The largest absolute Gasteiger partial charge is 0.384 e. The molecule has 0 bridgehead atoms. The first-order valence-corrected chi connectivity index (χ1v) is 6.80. The van der Waals surface area contributed by atoms with E-state index < -0.39 is 0 Å². The smallest absolute Gasteiger partial charge is 0.180 e. The molecule has 1 fully saturated rings. The van der Waals surface area contributed by atoms with Crippen molar-refractivity contribution in [2.45, 2.75) is 18.8 Å². The third-order valence-electron chi connectivity index (χ3n) is 3.59. The normalized spacial score (nSPS) is 14.6. The Morgan fingerprint density at radius 1 is 0.950 bits per heavy atom. The molecule has 0 unspecified atom stereocenters. The Morgan fingerprint density at radius 3 is 2.65 bits per heavy atom. The van der Waals surface area contributed by atoms with E-state index in [0.29, 0.717) is 17.6 Å². The lowest BCUT2D eigenvalue weighted by atomic mass is 10.2. The van der Waals surface area contributed by atoms with E-state index in [0.717, 1.165) is 22.3 Å². The summed E-state index contributed by atoms with van der Waals surface area (Å²) in [6.45, 7) is 0. The molecular weight excluding hydrogens is 248 g/mol. The maximum atomic E-state index is 5.90. The predicted molar refractivity (Wildman–Crippen MR) is 79.2 cm³/mol. The quantitative estimate of drug-likeness (QED) is 0.770. The van der Waals surface area contributed by atoms with Crippen LogP contribution in [0.15, 0.2) is 42.5 Å². The average Bonchev–Trinajstić information content (AvgIpc) is 3.31. The van der Waals surface area contributed by atoms with Gasteiger partial charge in [-0.25, -0.2) is 15.0 Å². The van der Waals surface area contributed by atoms with E-state index in [9.17, 15) is 0 Å². The summed E-state index contributed by atoms with van der Waals surface area (Å²) in [5.41, 5.74) is 8.66. The molecule has 1 aliphatic carbocycles. The van der Waals surface area contributed by atoms with E-state index in [2.05, 4.69) is 15.0 Å². The Labute approximate surface area is 116 Å². The maximum absolute atomic E-state index is 5.90. The molecule has 4 nitrogen and oxygen atoms in total. The first-order chi connectivity index (χ1) is 9.79. The third-order valence-corrected chi connectivity index (χ3v) is 3.59. The van der Waals surface area contributed by atoms with Crippen LogP contribution < -0.4 is 5.73 Å². The lowest BCUT2D eigenvalue weighted by molar-refractivity contribution is 0.993. The van der Waals surface area contributed by atoms with Crippen LogP contribution in [-0.2, 0) is 0 Å². The number of para-hydroxylation sites is 1. The van der Waals surface area contributed by atoms with Crippen molar-refractivity contribution in [3.63, 3.8) is 0 Å². The highest BCUT2D eigenvalue weighted by atomic mass is 15.0. The van der Waals surface area contributed by atoms with Gasteiger partial charge in [0, 0.05) is 23.1 Å². The van der Waals surface area contributed by atoms with Gasteiger partial charge in [0.25, 0.3) is 0 Å². The molecule has 0 aliphatic heterocycles. The minimum Gasteiger partial charge on any atom is -0.384 e. The zero-order chi connectivity index (χ0) is 13.5. The van der Waals surface area contributed by atoms with Gasteiger partial charge in [-0.3, -0.25) is 0 Å². The molecule has 4 rings (SSSR count). The number of hydrogen-bond acceptors (Lipinski definition) is 4. The fraction of sp³-hybridized carbons (Fsp3) is 0.188. The molecule has 98 valence electrons. The van der Waals surface area contributed by atoms with E-state index in [1.54, 1.807) is 0 Å². The highest BCUT2D eigenvalue weighted by Crippen LogP contribution is 2.39. The Balaban J connectivity index is 1.85. The zero-order valence-corrected chi connectivity index (χ0v) is 11.0. The summed E-state index contributed by atoms with van der Waals surface area (Å²) < 4.78 is 0. The van der Waals surface area contributed by atoms with Crippen molar-refractivity contribution in [2.75, 3.05) is 5.73 Å². The molecule has 1 saturated carbocycles. The number of rotatable bonds is 2. The number of aromatic nitrogens is 3. The van der Waals surface area contributed by atoms with Crippen LogP contribution >= 0.6 is 0 Å². The topological polar surface area (TPSA) is 64.7 Å². The number of fused-ring (bicyclic) bond motifs is 1. The number of hydrogen-bond donors (Lipinski definition) is 1. The summed E-state index contributed by atoms with van der Waals surface area (Å²) in [6, 6.07) is 13.9. The van der Waals surface area contributed by atoms with Crippen molar-refractivity contribution in [3.8, 4) is 11.5 Å². The van der Waals surface area contributed by atoms with E-state index >= 15 is 0 Å². The van der Waals surface area contributed by atoms with Crippen molar-refractivity contribution in [2.24, 2.45) is 0 Å². The number of benzene rings is 1. The minimum absolute atomic E-state index is 0.520. The second kappa shape index (κ2) is 4.27. The van der Waals surface area contributed by atoms with Crippen LogP contribution in [0.1, 0.15) is 24.5 Å². The number of nitrogen functional groups attached to an aromatic ring is 1. The predicted octanol–water partition coefficient (Wildman–Crippen LogP) is 3.15. The fourth-order valence-corrected chi connectivity index (χ4v) is 2.38. The second-order valence-electron chi connectivity index (χ2n) is 5.20. The van der Waals surface area contributed by atoms with Gasteiger partial charge in [0.2, 0.25) is 0 Å². The van der Waals surface area contributed by atoms with Crippen LogP contribution in [-0.4, -0.2) is 15.0 Å². The maximum Gasteiger partial charge on any atom is 0.180 e. The SMILES string of the molecule is Nc1cc(C2CC2)nc(-c2ccc3ccccc3n2)n1. The Bertz CT molecular complexity index is 793. The van der Waals surface area contributed by atoms with Gasteiger partial charge in [-0.15, -0.1) is 0 Å². The first kappa shape index (κ1) is 11.3. The van der Waals surface area contributed by atoms with Gasteiger partial charge in [-0.1, -0.05) is 24.3 Å². The molecule has 0 amide bonds. The van der Waals surface area contributed by atoms with Crippen molar-refractivity contribution in [1.29, 1.82) is 0 Å². The molecule has 1 aromatic carbocycles. The monoisotopic (exact) mass is 262 g/mol. The second-order valence-corrected chi connectivity index (χ2v) is 5.20. The van der Waals surface area contributed by atoms with E-state index in [4.69, 9.17) is 5.73 Å². The third kappa shape index (κ3) is 1.99. The van der Waals surface area contributed by atoms with Gasteiger partial charge < -0.3 is 5.73 Å². The summed E-state index contributed by atoms with van der Waals surface area (Å²) in [6.07, 6.45) is 2.39. The van der Waals surface area contributed by atoms with Crippen LogP contribution in [0.5, 0.6) is 0 Å². The Kier molecular flexibility index (Phi) is 2.42. The van der Waals surface area contributed by atoms with Gasteiger partial charge in [-0.2, -0.15) is 0 Å². The van der Waals surface area contributed by atoms with Crippen LogP contribution in [0.2, 0.25) is 0 Å². The first-order valence-electron chi connectivity index (χ1n) is 6.80. The Morgan fingerprint density at radius 2 is 1.80 bits per heavy atom. The van der Waals surface area contributed by atoms with Crippen LogP contribution in [0, 0.1) is 0 Å². The molecular formula is C16H14N4. The molecule has 0 saturated heterocycles. The molecule has 0 radical (unpaired) electrons. The van der Waals surface area contributed by atoms with Gasteiger partial charge in [0.05, 0.1) is 5.52 Å². The van der Waals surface area contributed by atoms with Crippen LogP contribution in [0.25, 0.3) is 22.4 Å². The Hall–Kier alpha value is -2.49. The van der Waals surface area contributed by atoms with E-state index in [1.165, 1.54) is 12.8 Å². The van der Waals surface area contributed by atoms with Gasteiger partial charge in [0.1, 0.15) is 11.5 Å². The number of pyridine rings is 1. The zero-order valence-electron chi connectivity index (χ0n) is 11.0. The van der Waals surface area contributed by atoms with Crippen molar-refractivity contribution in [1.82, 2.24) is 15.0 Å². The fourth-order valence-electron chi connectivity index (χ4n) is 2.38. The molecule has 0 atom stereocenters. The van der Waals surface area contributed by atoms with Crippen LogP contribution in [0.4, 0.5) is 5.82 Å². The lowest BCUT2D eigenvalue weighted by Gasteiger charge is -2.05. The highest BCUT2D eigenvalue weighted by molar-refractivity contribution is 5.80. The summed E-state index contributed by atoms with van der Waals surface area (Å²) >= 11 is 0. The summed E-state index contributed by atoms with van der Waals surface area (Å²) in [5, 5.41) is 1.11. The standard InChI is InChI=1S/C16H14N4/c17-15-9-14(11-5-6-11)19-16(20-15)13-8-7-10-3-1-2-4-12(10)18-13/h1-4,7-9,11H,5-6H2,(H2,17,19,20). The summed E-state index contributed by atoms with van der Waals surface area (Å²) in [7, 11) is 0.